The monoisotopic (exact) mass is 261 g/mol. The second-order valence-corrected chi connectivity index (χ2v) is 5.16. The van der Waals surface area contributed by atoms with Crippen LogP contribution in [-0.2, 0) is 14.3 Å². The Bertz CT molecular complexity index is 266. The van der Waals surface area contributed by atoms with Crippen LogP contribution in [0.25, 0.3) is 0 Å². The molecule has 17 heavy (non-hydrogen) atoms. The normalized spacial score (nSPS) is 21.8. The topological polar surface area (TPSA) is 75.6 Å². The Labute approximate surface area is 105 Å². The molecule has 2 atom stereocenters. The number of thioether (sulfide) groups is 1. The van der Waals surface area contributed by atoms with E-state index in [9.17, 15) is 9.59 Å². The lowest BCUT2D eigenvalue weighted by molar-refractivity contribution is -0.140. The zero-order chi connectivity index (χ0) is 12.7. The molecule has 1 heterocycles. The maximum Gasteiger partial charge on any atom is 0.325 e. The van der Waals surface area contributed by atoms with Gasteiger partial charge in [-0.25, -0.2) is 0 Å². The molecule has 0 aromatic carbocycles. The molecule has 5 nitrogen and oxygen atoms in total. The Morgan fingerprint density at radius 2 is 2.29 bits per heavy atom. The van der Waals surface area contributed by atoms with Crippen LogP contribution in [0.2, 0.25) is 0 Å². The SMILES string of the molecule is C[C@@H](NC(=O)CSCC1CCCCO1)C(=O)O. The molecule has 1 aliphatic heterocycles. The molecule has 0 aromatic heterocycles. The summed E-state index contributed by atoms with van der Waals surface area (Å²) < 4.78 is 5.53. The highest BCUT2D eigenvalue weighted by atomic mass is 32.2. The second kappa shape index (κ2) is 7.55. The highest BCUT2D eigenvalue weighted by Gasteiger charge is 2.16. The third-order valence-corrected chi connectivity index (χ3v) is 3.63. The van der Waals surface area contributed by atoms with Gasteiger partial charge >= 0.3 is 5.97 Å². The van der Waals surface area contributed by atoms with Crippen molar-refractivity contribution in [3.05, 3.63) is 0 Å². The van der Waals surface area contributed by atoms with Gasteiger partial charge in [0.2, 0.25) is 5.91 Å². The average molecular weight is 261 g/mol. The average Bonchev–Trinajstić information content (AvgIpc) is 2.30. The van der Waals surface area contributed by atoms with E-state index in [1.807, 2.05) is 0 Å². The van der Waals surface area contributed by atoms with Crippen molar-refractivity contribution in [2.75, 3.05) is 18.1 Å². The third kappa shape index (κ3) is 5.93. The number of hydrogen-bond acceptors (Lipinski definition) is 4. The number of carboxylic acid groups (broad SMARTS) is 1. The van der Waals surface area contributed by atoms with Gasteiger partial charge in [-0.2, -0.15) is 0 Å². The maximum atomic E-state index is 11.4. The van der Waals surface area contributed by atoms with Crippen LogP contribution in [-0.4, -0.2) is 47.2 Å². The summed E-state index contributed by atoms with van der Waals surface area (Å²) in [4.78, 5) is 21.9. The van der Waals surface area contributed by atoms with Gasteiger partial charge in [-0.1, -0.05) is 0 Å². The minimum atomic E-state index is -1.01. The summed E-state index contributed by atoms with van der Waals surface area (Å²) in [6.45, 7) is 2.27. The van der Waals surface area contributed by atoms with Crippen molar-refractivity contribution in [3.63, 3.8) is 0 Å². The van der Waals surface area contributed by atoms with E-state index in [2.05, 4.69) is 5.32 Å². The van der Waals surface area contributed by atoms with E-state index in [-0.39, 0.29) is 17.8 Å². The van der Waals surface area contributed by atoms with Crippen molar-refractivity contribution >= 4 is 23.6 Å². The predicted molar refractivity (Wildman–Crippen MR) is 66.2 cm³/mol. The highest BCUT2D eigenvalue weighted by molar-refractivity contribution is 7.99. The van der Waals surface area contributed by atoms with Gasteiger partial charge < -0.3 is 15.2 Å². The van der Waals surface area contributed by atoms with Crippen molar-refractivity contribution in [1.82, 2.24) is 5.32 Å². The van der Waals surface area contributed by atoms with Gasteiger partial charge in [0.1, 0.15) is 6.04 Å². The van der Waals surface area contributed by atoms with Crippen molar-refractivity contribution in [2.24, 2.45) is 0 Å². The van der Waals surface area contributed by atoms with Crippen molar-refractivity contribution in [1.29, 1.82) is 0 Å². The molecule has 0 radical (unpaired) electrons. The predicted octanol–water partition coefficient (Wildman–Crippen LogP) is 0.878. The molecule has 0 bridgehead atoms. The minimum Gasteiger partial charge on any atom is -0.480 e. The molecule has 0 aromatic rings. The first-order valence-corrected chi connectivity index (χ1v) is 6.96. The fourth-order valence-electron chi connectivity index (χ4n) is 1.57. The molecule has 0 saturated carbocycles. The van der Waals surface area contributed by atoms with Crippen LogP contribution < -0.4 is 5.32 Å². The van der Waals surface area contributed by atoms with E-state index in [0.29, 0.717) is 0 Å². The summed E-state index contributed by atoms with van der Waals surface area (Å²) in [5.74, 6) is -0.161. The number of carbonyl (C=O) groups is 2. The van der Waals surface area contributed by atoms with Crippen molar-refractivity contribution in [2.45, 2.75) is 38.3 Å². The van der Waals surface area contributed by atoms with Gasteiger partial charge in [0, 0.05) is 12.4 Å². The number of ether oxygens (including phenoxy) is 1. The highest BCUT2D eigenvalue weighted by Crippen LogP contribution is 2.16. The first-order valence-electron chi connectivity index (χ1n) is 5.81. The summed E-state index contributed by atoms with van der Waals surface area (Å²) >= 11 is 1.49. The molecule has 1 amide bonds. The molecule has 1 fully saturated rings. The Hall–Kier alpha value is -0.750. The third-order valence-electron chi connectivity index (χ3n) is 2.56. The first-order chi connectivity index (χ1) is 8.09. The van der Waals surface area contributed by atoms with Crippen LogP contribution in [0.1, 0.15) is 26.2 Å². The molecule has 0 spiro atoms. The van der Waals surface area contributed by atoms with Gasteiger partial charge in [0.25, 0.3) is 0 Å². The van der Waals surface area contributed by atoms with Crippen LogP contribution in [0.5, 0.6) is 0 Å². The van der Waals surface area contributed by atoms with Crippen LogP contribution in [0, 0.1) is 0 Å². The fourth-order valence-corrected chi connectivity index (χ4v) is 2.48. The van der Waals surface area contributed by atoms with Gasteiger partial charge in [-0.05, 0) is 26.2 Å². The Kier molecular flexibility index (Phi) is 6.36. The minimum absolute atomic E-state index is 0.235. The number of carbonyl (C=O) groups excluding carboxylic acids is 1. The largest absolute Gasteiger partial charge is 0.480 e. The lowest BCUT2D eigenvalue weighted by Crippen LogP contribution is -2.39. The van der Waals surface area contributed by atoms with E-state index >= 15 is 0 Å². The molecule has 1 rings (SSSR count). The Balaban J connectivity index is 2.09. The van der Waals surface area contributed by atoms with E-state index in [4.69, 9.17) is 9.84 Å². The van der Waals surface area contributed by atoms with Gasteiger partial charge in [0.15, 0.2) is 0 Å². The molecule has 1 aliphatic rings. The number of nitrogens with one attached hydrogen (secondary N) is 1. The number of hydrogen-bond donors (Lipinski definition) is 2. The molecule has 1 saturated heterocycles. The standard InChI is InChI=1S/C11H19NO4S/c1-8(11(14)15)12-10(13)7-17-6-9-4-2-3-5-16-9/h8-9H,2-7H2,1H3,(H,12,13)(H,14,15)/t8-,9?/m1/s1. The molecule has 2 N–H and O–H groups in total. The van der Waals surface area contributed by atoms with Crippen LogP contribution in [0.15, 0.2) is 0 Å². The van der Waals surface area contributed by atoms with E-state index < -0.39 is 12.0 Å². The Morgan fingerprint density at radius 1 is 1.53 bits per heavy atom. The van der Waals surface area contributed by atoms with E-state index in [1.165, 1.54) is 25.1 Å². The van der Waals surface area contributed by atoms with Crippen molar-refractivity contribution < 1.29 is 19.4 Å². The van der Waals surface area contributed by atoms with Crippen LogP contribution >= 0.6 is 11.8 Å². The molecule has 98 valence electrons. The van der Waals surface area contributed by atoms with Crippen LogP contribution in [0.4, 0.5) is 0 Å². The smallest absolute Gasteiger partial charge is 0.325 e. The van der Waals surface area contributed by atoms with Gasteiger partial charge in [-0.3, -0.25) is 9.59 Å². The summed E-state index contributed by atoms with van der Waals surface area (Å²) in [6.07, 6.45) is 3.62. The van der Waals surface area contributed by atoms with E-state index in [1.54, 1.807) is 0 Å². The quantitative estimate of drug-likeness (QED) is 0.742. The fraction of sp³-hybridized carbons (Fsp3) is 0.818. The maximum absolute atomic E-state index is 11.4. The zero-order valence-corrected chi connectivity index (χ0v) is 10.8. The Morgan fingerprint density at radius 3 is 2.88 bits per heavy atom. The van der Waals surface area contributed by atoms with Gasteiger partial charge in [-0.15, -0.1) is 11.8 Å². The van der Waals surface area contributed by atoms with Crippen molar-refractivity contribution in [3.8, 4) is 0 Å². The lowest BCUT2D eigenvalue weighted by Gasteiger charge is -2.22. The number of rotatable bonds is 6. The molecule has 1 unspecified atom stereocenters. The number of amides is 1. The second-order valence-electron chi connectivity index (χ2n) is 4.13. The summed E-state index contributed by atoms with van der Waals surface area (Å²) in [5, 5.41) is 11.0. The number of carboxylic acids is 1. The summed E-state index contributed by atoms with van der Waals surface area (Å²) in [5.41, 5.74) is 0. The summed E-state index contributed by atoms with van der Waals surface area (Å²) in [7, 11) is 0. The van der Waals surface area contributed by atoms with Gasteiger partial charge in [0.05, 0.1) is 11.9 Å². The molecule has 0 aliphatic carbocycles. The molecule has 6 heteroatoms. The summed E-state index contributed by atoms with van der Waals surface area (Å²) in [6, 6.07) is -0.825. The number of aliphatic carboxylic acids is 1. The molecular weight excluding hydrogens is 242 g/mol. The first kappa shape index (κ1) is 14.3. The van der Waals surface area contributed by atoms with E-state index in [0.717, 1.165) is 25.2 Å². The lowest BCUT2D eigenvalue weighted by atomic mass is 10.1. The van der Waals surface area contributed by atoms with Crippen LogP contribution in [0.3, 0.4) is 0 Å². The molecular formula is C11H19NO4S. The zero-order valence-electron chi connectivity index (χ0n) is 9.98.